The number of aryl methyl sites for hydroxylation is 1. The smallest absolute Gasteiger partial charge is 0.223 e. The fourth-order valence-electron chi connectivity index (χ4n) is 2.75. The van der Waals surface area contributed by atoms with Gasteiger partial charge < -0.3 is 10.6 Å². The van der Waals surface area contributed by atoms with Crippen molar-refractivity contribution < 1.29 is 4.79 Å². The van der Waals surface area contributed by atoms with E-state index in [9.17, 15) is 4.79 Å². The second kappa shape index (κ2) is 7.24. The highest BCUT2D eigenvalue weighted by Gasteiger charge is 2.25. The van der Waals surface area contributed by atoms with E-state index in [1.807, 2.05) is 23.1 Å². The third kappa shape index (κ3) is 4.03. The normalized spacial score (nSPS) is 19.4. The summed E-state index contributed by atoms with van der Waals surface area (Å²) in [6.45, 7) is 1.56. The van der Waals surface area contributed by atoms with Crippen molar-refractivity contribution >= 4 is 5.91 Å². The minimum Gasteiger partial charge on any atom is -0.340 e. The molecule has 0 spiro atoms. The molecule has 0 aromatic carbocycles. The third-order valence-electron chi connectivity index (χ3n) is 3.77. The Balaban J connectivity index is 1.87. The fourth-order valence-corrected chi connectivity index (χ4v) is 2.75. The number of likely N-dealkylation sites (tertiary alicyclic amines) is 1. The predicted molar refractivity (Wildman–Crippen MR) is 75.6 cm³/mol. The molecule has 1 saturated heterocycles. The van der Waals surface area contributed by atoms with E-state index in [4.69, 9.17) is 5.73 Å². The van der Waals surface area contributed by atoms with Crippen molar-refractivity contribution in [1.82, 2.24) is 9.88 Å². The van der Waals surface area contributed by atoms with Crippen molar-refractivity contribution in [3.63, 3.8) is 0 Å². The van der Waals surface area contributed by atoms with Gasteiger partial charge in [-0.3, -0.25) is 9.78 Å². The van der Waals surface area contributed by atoms with Crippen LogP contribution in [0.4, 0.5) is 0 Å². The molecule has 1 aliphatic heterocycles. The molecule has 4 heteroatoms. The van der Waals surface area contributed by atoms with E-state index in [1.54, 1.807) is 6.20 Å². The lowest BCUT2D eigenvalue weighted by molar-refractivity contribution is -0.134. The van der Waals surface area contributed by atoms with Gasteiger partial charge >= 0.3 is 0 Å². The van der Waals surface area contributed by atoms with Crippen molar-refractivity contribution in [1.29, 1.82) is 0 Å². The molecule has 1 atom stereocenters. The standard InChI is InChI=1S/C15H23N3O/c16-10-9-14-6-2-4-12-18(14)15(19)8-7-13-5-1-3-11-17-13/h1,3,5,11,14H,2,4,6-10,12,16H2. The second-order valence-corrected chi connectivity index (χ2v) is 5.14. The molecule has 1 aliphatic rings. The van der Waals surface area contributed by atoms with Gasteiger partial charge in [0.2, 0.25) is 5.91 Å². The first-order valence-corrected chi connectivity index (χ1v) is 7.20. The highest BCUT2D eigenvalue weighted by molar-refractivity contribution is 5.76. The van der Waals surface area contributed by atoms with Gasteiger partial charge in [-0.25, -0.2) is 0 Å². The maximum absolute atomic E-state index is 12.3. The summed E-state index contributed by atoms with van der Waals surface area (Å²) in [7, 11) is 0. The summed E-state index contributed by atoms with van der Waals surface area (Å²) in [6.07, 6.45) is 7.43. The largest absolute Gasteiger partial charge is 0.340 e. The zero-order chi connectivity index (χ0) is 13.5. The molecule has 1 amide bonds. The van der Waals surface area contributed by atoms with E-state index >= 15 is 0 Å². The Bertz CT molecular complexity index is 392. The Kier molecular flexibility index (Phi) is 5.33. The molecule has 4 nitrogen and oxygen atoms in total. The number of nitrogens with two attached hydrogens (primary N) is 1. The molecule has 19 heavy (non-hydrogen) atoms. The average molecular weight is 261 g/mol. The summed E-state index contributed by atoms with van der Waals surface area (Å²) >= 11 is 0. The van der Waals surface area contributed by atoms with Crippen LogP contribution in [0.3, 0.4) is 0 Å². The van der Waals surface area contributed by atoms with E-state index < -0.39 is 0 Å². The summed E-state index contributed by atoms with van der Waals surface area (Å²) in [5.74, 6) is 0.254. The van der Waals surface area contributed by atoms with Crippen LogP contribution >= 0.6 is 0 Å². The first kappa shape index (κ1) is 14.0. The van der Waals surface area contributed by atoms with E-state index in [0.717, 1.165) is 37.9 Å². The summed E-state index contributed by atoms with van der Waals surface area (Å²) in [5.41, 5.74) is 6.63. The zero-order valence-corrected chi connectivity index (χ0v) is 11.4. The van der Waals surface area contributed by atoms with Crippen molar-refractivity contribution in [3.05, 3.63) is 30.1 Å². The summed E-state index contributed by atoms with van der Waals surface area (Å²) in [4.78, 5) is 18.6. The molecule has 0 saturated carbocycles. The van der Waals surface area contributed by atoms with Crippen LogP contribution in [0.1, 0.15) is 37.8 Å². The molecule has 2 heterocycles. The van der Waals surface area contributed by atoms with Gasteiger partial charge in [-0.15, -0.1) is 0 Å². The van der Waals surface area contributed by atoms with Crippen LogP contribution in [0.5, 0.6) is 0 Å². The first-order chi connectivity index (χ1) is 9.31. The number of amides is 1. The van der Waals surface area contributed by atoms with Gasteiger partial charge in [0, 0.05) is 30.9 Å². The topological polar surface area (TPSA) is 59.2 Å². The average Bonchev–Trinajstić information content (AvgIpc) is 2.47. The number of carbonyl (C=O) groups is 1. The lowest BCUT2D eigenvalue weighted by Gasteiger charge is -2.35. The van der Waals surface area contributed by atoms with Gasteiger partial charge in [0.15, 0.2) is 0 Å². The minimum atomic E-state index is 0.254. The van der Waals surface area contributed by atoms with Crippen molar-refractivity contribution in [3.8, 4) is 0 Å². The van der Waals surface area contributed by atoms with Crippen LogP contribution < -0.4 is 5.73 Å². The quantitative estimate of drug-likeness (QED) is 0.878. The molecule has 0 radical (unpaired) electrons. The second-order valence-electron chi connectivity index (χ2n) is 5.14. The monoisotopic (exact) mass is 261 g/mol. The number of pyridine rings is 1. The van der Waals surface area contributed by atoms with Gasteiger partial charge in [-0.05, 0) is 50.8 Å². The molecule has 104 valence electrons. The van der Waals surface area contributed by atoms with Gasteiger partial charge in [-0.1, -0.05) is 6.07 Å². The Morgan fingerprint density at radius 3 is 3.05 bits per heavy atom. The van der Waals surface area contributed by atoms with Crippen molar-refractivity contribution in [2.75, 3.05) is 13.1 Å². The molecular formula is C15H23N3O. The van der Waals surface area contributed by atoms with Crippen LogP contribution in [-0.2, 0) is 11.2 Å². The van der Waals surface area contributed by atoms with E-state index in [1.165, 1.54) is 6.42 Å². The molecular weight excluding hydrogens is 238 g/mol. The number of aromatic nitrogens is 1. The van der Waals surface area contributed by atoms with Gasteiger partial charge in [-0.2, -0.15) is 0 Å². The number of nitrogens with zero attached hydrogens (tertiary/aromatic N) is 2. The molecule has 2 rings (SSSR count). The Labute approximate surface area is 115 Å². The maximum Gasteiger partial charge on any atom is 0.223 e. The lowest BCUT2D eigenvalue weighted by Crippen LogP contribution is -2.44. The first-order valence-electron chi connectivity index (χ1n) is 7.20. The van der Waals surface area contributed by atoms with Crippen LogP contribution in [0.25, 0.3) is 0 Å². The summed E-state index contributed by atoms with van der Waals surface area (Å²) in [6, 6.07) is 6.19. The molecule has 1 aromatic heterocycles. The van der Waals surface area contributed by atoms with Crippen LogP contribution in [0.15, 0.2) is 24.4 Å². The van der Waals surface area contributed by atoms with E-state index in [-0.39, 0.29) is 5.91 Å². The van der Waals surface area contributed by atoms with E-state index in [0.29, 0.717) is 19.0 Å². The van der Waals surface area contributed by atoms with Crippen LogP contribution in [-0.4, -0.2) is 34.9 Å². The molecule has 2 N–H and O–H groups in total. The number of carbonyl (C=O) groups excluding carboxylic acids is 1. The molecule has 1 unspecified atom stereocenters. The highest BCUT2D eigenvalue weighted by Crippen LogP contribution is 2.20. The minimum absolute atomic E-state index is 0.254. The fraction of sp³-hybridized carbons (Fsp3) is 0.600. The number of rotatable bonds is 5. The van der Waals surface area contributed by atoms with Crippen LogP contribution in [0, 0.1) is 0 Å². The van der Waals surface area contributed by atoms with Crippen LogP contribution in [0.2, 0.25) is 0 Å². The number of hydrogen-bond acceptors (Lipinski definition) is 3. The molecule has 0 aliphatic carbocycles. The number of piperidine rings is 1. The van der Waals surface area contributed by atoms with Gasteiger partial charge in [0.25, 0.3) is 0 Å². The SMILES string of the molecule is NCCC1CCCCN1C(=O)CCc1ccccn1. The molecule has 1 fully saturated rings. The molecule has 0 bridgehead atoms. The van der Waals surface area contributed by atoms with Crippen molar-refractivity contribution in [2.45, 2.75) is 44.6 Å². The Morgan fingerprint density at radius 2 is 2.32 bits per heavy atom. The Hall–Kier alpha value is -1.42. The number of hydrogen-bond donors (Lipinski definition) is 1. The highest BCUT2D eigenvalue weighted by atomic mass is 16.2. The summed E-state index contributed by atoms with van der Waals surface area (Å²) < 4.78 is 0. The maximum atomic E-state index is 12.3. The molecule has 1 aromatic rings. The third-order valence-corrected chi connectivity index (χ3v) is 3.77. The van der Waals surface area contributed by atoms with Gasteiger partial charge in [0.1, 0.15) is 0 Å². The predicted octanol–water partition coefficient (Wildman–Crippen LogP) is 1.74. The lowest BCUT2D eigenvalue weighted by atomic mass is 9.98. The Morgan fingerprint density at radius 1 is 1.42 bits per heavy atom. The van der Waals surface area contributed by atoms with E-state index in [2.05, 4.69) is 4.98 Å². The van der Waals surface area contributed by atoms with Crippen molar-refractivity contribution in [2.24, 2.45) is 5.73 Å². The van der Waals surface area contributed by atoms with Gasteiger partial charge in [0.05, 0.1) is 0 Å². The summed E-state index contributed by atoms with van der Waals surface area (Å²) in [5, 5.41) is 0. The zero-order valence-electron chi connectivity index (χ0n) is 11.4.